The molecule has 0 spiro atoms. The molecule has 2 N–H and O–H groups in total. The molecule has 1 aromatic heterocycles. The van der Waals surface area contributed by atoms with Gasteiger partial charge in [0.15, 0.2) is 0 Å². The van der Waals surface area contributed by atoms with Crippen molar-refractivity contribution >= 4 is 39.6 Å². The van der Waals surface area contributed by atoms with Crippen LogP contribution < -0.4 is 5.73 Å². The summed E-state index contributed by atoms with van der Waals surface area (Å²) in [4.78, 5) is 4.30. The molecule has 0 saturated carbocycles. The van der Waals surface area contributed by atoms with Crippen LogP contribution in [0.25, 0.3) is 16.7 Å². The van der Waals surface area contributed by atoms with E-state index in [4.69, 9.17) is 5.73 Å². The first-order valence-corrected chi connectivity index (χ1v) is 6.85. The molecule has 0 aliphatic carbocycles. The molecular formula is C14H11FIN3. The Hall–Kier alpha value is -1.63. The molecule has 0 amide bonds. The van der Waals surface area contributed by atoms with Crippen LogP contribution in [0.4, 0.5) is 10.3 Å². The summed E-state index contributed by atoms with van der Waals surface area (Å²) in [5, 5.41) is 0. The highest BCUT2D eigenvalue weighted by Crippen LogP contribution is 2.27. The number of nitrogens with two attached hydrogens (primary N) is 1. The van der Waals surface area contributed by atoms with Gasteiger partial charge in [-0.25, -0.2) is 9.37 Å². The van der Waals surface area contributed by atoms with Crippen molar-refractivity contribution < 1.29 is 4.39 Å². The average molecular weight is 367 g/mol. The van der Waals surface area contributed by atoms with Crippen LogP contribution in [-0.4, -0.2) is 9.55 Å². The topological polar surface area (TPSA) is 43.8 Å². The highest BCUT2D eigenvalue weighted by Gasteiger charge is 2.15. The second-order valence-corrected chi connectivity index (χ2v) is 5.59. The second kappa shape index (κ2) is 4.48. The van der Waals surface area contributed by atoms with Crippen LogP contribution in [0.5, 0.6) is 0 Å². The van der Waals surface area contributed by atoms with E-state index in [1.165, 1.54) is 6.07 Å². The lowest BCUT2D eigenvalue weighted by molar-refractivity contribution is 0.618. The molecule has 0 bridgehead atoms. The fraction of sp³-hybridized carbons (Fsp3) is 0.0714. The molecule has 19 heavy (non-hydrogen) atoms. The summed E-state index contributed by atoms with van der Waals surface area (Å²) in [5.41, 5.74) is 8.82. The Morgan fingerprint density at radius 2 is 2.05 bits per heavy atom. The first-order chi connectivity index (χ1) is 9.08. The quantitative estimate of drug-likeness (QED) is 0.668. The zero-order chi connectivity index (χ0) is 13.6. The van der Waals surface area contributed by atoms with Crippen molar-refractivity contribution in [3.05, 3.63) is 51.3 Å². The fourth-order valence-electron chi connectivity index (χ4n) is 2.21. The van der Waals surface area contributed by atoms with Crippen molar-refractivity contribution in [1.82, 2.24) is 9.55 Å². The van der Waals surface area contributed by atoms with Gasteiger partial charge in [-0.2, -0.15) is 0 Å². The summed E-state index contributed by atoms with van der Waals surface area (Å²) in [7, 11) is 0. The monoisotopic (exact) mass is 367 g/mol. The number of anilines is 1. The summed E-state index contributed by atoms with van der Waals surface area (Å²) in [6.07, 6.45) is 0. The van der Waals surface area contributed by atoms with Crippen LogP contribution in [0.15, 0.2) is 36.4 Å². The molecule has 0 aliphatic rings. The maximum atomic E-state index is 14.1. The minimum Gasteiger partial charge on any atom is -0.369 e. The molecule has 3 aromatic rings. The minimum absolute atomic E-state index is 0.296. The van der Waals surface area contributed by atoms with Crippen molar-refractivity contribution in [2.75, 3.05) is 5.73 Å². The van der Waals surface area contributed by atoms with Crippen LogP contribution in [-0.2, 0) is 0 Å². The molecule has 0 aliphatic heterocycles. The first-order valence-electron chi connectivity index (χ1n) is 5.77. The van der Waals surface area contributed by atoms with Crippen molar-refractivity contribution in [2.45, 2.75) is 6.92 Å². The standard InChI is InChI=1S/C14H11FIN3/c1-8-3-2-4-10(15)13(8)19-12-6-5-9(16)7-11(12)18-14(19)17/h2-7H,1H3,(H2,17,18). The average Bonchev–Trinajstić information content (AvgIpc) is 2.65. The molecule has 3 rings (SSSR count). The Balaban J connectivity index is 2.40. The summed E-state index contributed by atoms with van der Waals surface area (Å²) in [6.45, 7) is 1.86. The Labute approximate surface area is 123 Å². The van der Waals surface area contributed by atoms with Crippen molar-refractivity contribution in [2.24, 2.45) is 0 Å². The van der Waals surface area contributed by atoms with Crippen LogP contribution in [0.2, 0.25) is 0 Å². The number of hydrogen-bond acceptors (Lipinski definition) is 2. The van der Waals surface area contributed by atoms with Crippen molar-refractivity contribution in [3.63, 3.8) is 0 Å². The van der Waals surface area contributed by atoms with E-state index < -0.39 is 0 Å². The molecule has 0 radical (unpaired) electrons. The van der Waals surface area contributed by atoms with Gasteiger partial charge < -0.3 is 5.73 Å². The number of para-hydroxylation sites is 1. The highest BCUT2D eigenvalue weighted by molar-refractivity contribution is 14.1. The lowest BCUT2D eigenvalue weighted by atomic mass is 10.2. The number of halogens is 2. The van der Waals surface area contributed by atoms with Gasteiger partial charge in [-0.05, 0) is 59.3 Å². The fourth-order valence-corrected chi connectivity index (χ4v) is 2.69. The molecule has 0 unspecified atom stereocenters. The number of rotatable bonds is 1. The Bertz CT molecular complexity index is 759. The first kappa shape index (κ1) is 12.4. The van der Waals surface area contributed by atoms with Gasteiger partial charge in [0.25, 0.3) is 0 Å². The normalized spacial score (nSPS) is 11.1. The van der Waals surface area contributed by atoms with E-state index in [1.54, 1.807) is 10.6 Å². The third-order valence-electron chi connectivity index (χ3n) is 3.05. The zero-order valence-corrected chi connectivity index (χ0v) is 12.3. The predicted octanol–water partition coefficient (Wildman–Crippen LogP) is 3.66. The lowest BCUT2D eigenvalue weighted by Crippen LogP contribution is -2.04. The van der Waals surface area contributed by atoms with Crippen LogP contribution in [0.3, 0.4) is 0 Å². The number of benzene rings is 2. The largest absolute Gasteiger partial charge is 0.369 e. The molecule has 1 heterocycles. The van der Waals surface area contributed by atoms with Gasteiger partial charge >= 0.3 is 0 Å². The van der Waals surface area contributed by atoms with E-state index in [-0.39, 0.29) is 5.82 Å². The van der Waals surface area contributed by atoms with Gasteiger partial charge in [0.05, 0.1) is 16.7 Å². The van der Waals surface area contributed by atoms with E-state index in [9.17, 15) is 4.39 Å². The number of imidazole rings is 1. The summed E-state index contributed by atoms with van der Waals surface area (Å²) < 4.78 is 16.8. The summed E-state index contributed by atoms with van der Waals surface area (Å²) in [5.74, 6) is -0.00486. The second-order valence-electron chi connectivity index (χ2n) is 4.34. The SMILES string of the molecule is Cc1cccc(F)c1-n1c(N)nc2cc(I)ccc21. The molecule has 0 saturated heterocycles. The molecular weight excluding hydrogens is 356 g/mol. The summed E-state index contributed by atoms with van der Waals surface area (Å²) >= 11 is 2.21. The third kappa shape index (κ3) is 1.98. The van der Waals surface area contributed by atoms with Gasteiger partial charge in [0, 0.05) is 3.57 Å². The summed E-state index contributed by atoms with van der Waals surface area (Å²) in [6, 6.07) is 10.8. The van der Waals surface area contributed by atoms with E-state index in [2.05, 4.69) is 27.6 Å². The Morgan fingerprint density at radius 3 is 2.79 bits per heavy atom. The molecule has 3 nitrogen and oxygen atoms in total. The number of nitrogen functional groups attached to an aromatic ring is 1. The highest BCUT2D eigenvalue weighted by atomic mass is 127. The molecule has 2 aromatic carbocycles. The number of aryl methyl sites for hydroxylation is 1. The third-order valence-corrected chi connectivity index (χ3v) is 3.73. The molecule has 5 heteroatoms. The number of hydrogen-bond donors (Lipinski definition) is 1. The van der Waals surface area contributed by atoms with Gasteiger partial charge in [-0.1, -0.05) is 12.1 Å². The zero-order valence-electron chi connectivity index (χ0n) is 10.2. The van der Waals surface area contributed by atoms with E-state index >= 15 is 0 Å². The molecule has 0 atom stereocenters. The van der Waals surface area contributed by atoms with E-state index in [0.29, 0.717) is 11.6 Å². The van der Waals surface area contributed by atoms with Gasteiger partial charge in [0.1, 0.15) is 5.82 Å². The van der Waals surface area contributed by atoms with E-state index in [1.807, 2.05) is 31.2 Å². The maximum absolute atomic E-state index is 14.1. The smallest absolute Gasteiger partial charge is 0.206 e. The van der Waals surface area contributed by atoms with Crippen molar-refractivity contribution in [1.29, 1.82) is 0 Å². The predicted molar refractivity (Wildman–Crippen MR) is 82.9 cm³/mol. The molecule has 0 fully saturated rings. The Morgan fingerprint density at radius 1 is 1.26 bits per heavy atom. The van der Waals surface area contributed by atoms with Crippen LogP contribution in [0, 0.1) is 16.3 Å². The van der Waals surface area contributed by atoms with Crippen molar-refractivity contribution in [3.8, 4) is 5.69 Å². The van der Waals surface area contributed by atoms with Gasteiger partial charge in [-0.3, -0.25) is 4.57 Å². The van der Waals surface area contributed by atoms with Gasteiger partial charge in [0.2, 0.25) is 5.95 Å². The Kier molecular flexibility index (Phi) is 2.93. The van der Waals surface area contributed by atoms with Gasteiger partial charge in [-0.15, -0.1) is 0 Å². The van der Waals surface area contributed by atoms with Crippen LogP contribution in [0.1, 0.15) is 5.56 Å². The number of nitrogens with zero attached hydrogens (tertiary/aromatic N) is 2. The number of aromatic nitrogens is 2. The van der Waals surface area contributed by atoms with Crippen LogP contribution >= 0.6 is 22.6 Å². The minimum atomic E-state index is -0.301. The lowest BCUT2D eigenvalue weighted by Gasteiger charge is -2.10. The molecule has 96 valence electrons. The number of fused-ring (bicyclic) bond motifs is 1. The maximum Gasteiger partial charge on any atom is 0.206 e. The van der Waals surface area contributed by atoms with E-state index in [0.717, 1.165) is 20.2 Å².